The number of benzene rings is 1. The first kappa shape index (κ1) is 19.8. The summed E-state index contributed by atoms with van der Waals surface area (Å²) in [6, 6.07) is 11.6. The zero-order valence-electron chi connectivity index (χ0n) is 14.4. The number of carbonyl (C=O) groups is 3. The van der Waals surface area contributed by atoms with Gasteiger partial charge in [-0.25, -0.2) is 4.79 Å². The van der Waals surface area contributed by atoms with Gasteiger partial charge in [-0.2, -0.15) is 0 Å². The second kappa shape index (κ2) is 8.41. The lowest BCUT2D eigenvalue weighted by Gasteiger charge is -2.22. The van der Waals surface area contributed by atoms with Crippen molar-refractivity contribution in [1.29, 1.82) is 0 Å². The number of carboxylic acids is 2. The number of rotatable bonds is 7. The quantitative estimate of drug-likeness (QED) is 0.521. The van der Waals surface area contributed by atoms with Gasteiger partial charge in [-0.3, -0.25) is 14.5 Å². The Hall–Kier alpha value is -2.91. The predicted molar refractivity (Wildman–Crippen MR) is 107 cm³/mol. The van der Waals surface area contributed by atoms with Crippen LogP contribution in [0.3, 0.4) is 0 Å². The van der Waals surface area contributed by atoms with Crippen LogP contribution in [0.2, 0.25) is 0 Å². The highest BCUT2D eigenvalue weighted by Gasteiger charge is 2.40. The van der Waals surface area contributed by atoms with Crippen LogP contribution in [0.15, 0.2) is 51.8 Å². The Kier molecular flexibility index (Phi) is 5.96. The van der Waals surface area contributed by atoms with Crippen LogP contribution in [0, 0.1) is 0 Å². The van der Waals surface area contributed by atoms with Crippen LogP contribution in [0.4, 0.5) is 0 Å². The van der Waals surface area contributed by atoms with Gasteiger partial charge in [-0.05, 0) is 18.6 Å². The summed E-state index contributed by atoms with van der Waals surface area (Å²) >= 11 is 6.11. The second-order valence-corrected chi connectivity index (χ2v) is 7.58. The molecule has 1 fully saturated rings. The van der Waals surface area contributed by atoms with Crippen molar-refractivity contribution >= 4 is 52.2 Å². The van der Waals surface area contributed by atoms with Gasteiger partial charge in [-0.1, -0.05) is 54.3 Å². The van der Waals surface area contributed by atoms with E-state index in [1.807, 2.05) is 30.3 Å². The average molecular weight is 417 g/mol. The maximum absolute atomic E-state index is 12.7. The highest BCUT2D eigenvalue weighted by molar-refractivity contribution is 8.26. The molecule has 28 heavy (non-hydrogen) atoms. The first-order chi connectivity index (χ1) is 13.4. The summed E-state index contributed by atoms with van der Waals surface area (Å²) in [7, 11) is 0. The van der Waals surface area contributed by atoms with Crippen LogP contribution in [-0.2, 0) is 14.4 Å². The molecule has 9 heteroatoms. The van der Waals surface area contributed by atoms with E-state index in [9.17, 15) is 19.5 Å². The maximum Gasteiger partial charge on any atom is 0.326 e. The summed E-state index contributed by atoms with van der Waals surface area (Å²) in [4.78, 5) is 36.2. The van der Waals surface area contributed by atoms with Gasteiger partial charge < -0.3 is 14.6 Å². The van der Waals surface area contributed by atoms with Crippen molar-refractivity contribution in [2.75, 3.05) is 0 Å². The standard InChI is InChI=1S/C19H15NO6S2/c21-16(22)9-7-13(18(24)25)20-17(23)15(28-19(20)27)10-12-6-8-14(26-12)11-4-2-1-3-5-11/h1-6,8,10,13H,7,9H2,(H,21,22)(H,24,25)/b15-10+/t13-/m0/s1. The van der Waals surface area contributed by atoms with Gasteiger partial charge in [0.25, 0.3) is 5.91 Å². The number of carboxylic acid groups (broad SMARTS) is 2. The Morgan fingerprint density at radius 2 is 1.89 bits per heavy atom. The summed E-state index contributed by atoms with van der Waals surface area (Å²) in [5.41, 5.74) is 0.884. The van der Waals surface area contributed by atoms with E-state index in [0.29, 0.717) is 11.5 Å². The second-order valence-electron chi connectivity index (χ2n) is 5.91. The minimum Gasteiger partial charge on any atom is -0.481 e. The fourth-order valence-corrected chi connectivity index (χ4v) is 4.03. The molecule has 0 aliphatic carbocycles. The Bertz CT molecular complexity index is 966. The van der Waals surface area contributed by atoms with Crippen LogP contribution in [0.25, 0.3) is 17.4 Å². The molecule has 1 aromatic heterocycles. The largest absolute Gasteiger partial charge is 0.481 e. The molecule has 2 heterocycles. The van der Waals surface area contributed by atoms with E-state index in [1.165, 1.54) is 6.08 Å². The van der Waals surface area contributed by atoms with E-state index < -0.39 is 23.9 Å². The number of thiocarbonyl (C=S) groups is 1. The number of carbonyl (C=O) groups excluding carboxylic acids is 1. The van der Waals surface area contributed by atoms with Crippen molar-refractivity contribution in [2.45, 2.75) is 18.9 Å². The van der Waals surface area contributed by atoms with E-state index >= 15 is 0 Å². The summed E-state index contributed by atoms with van der Waals surface area (Å²) in [6.07, 6.45) is 0.886. The highest BCUT2D eigenvalue weighted by Crippen LogP contribution is 2.35. The number of amides is 1. The van der Waals surface area contributed by atoms with Crippen LogP contribution in [0.1, 0.15) is 18.6 Å². The molecule has 0 unspecified atom stereocenters. The molecule has 2 N–H and O–H groups in total. The summed E-state index contributed by atoms with van der Waals surface area (Å²) in [6.45, 7) is 0. The average Bonchev–Trinajstić information content (AvgIpc) is 3.22. The lowest BCUT2D eigenvalue weighted by Crippen LogP contribution is -2.44. The van der Waals surface area contributed by atoms with Crippen LogP contribution < -0.4 is 0 Å². The molecule has 1 aliphatic rings. The number of nitrogens with zero attached hydrogens (tertiary/aromatic N) is 1. The molecule has 3 rings (SSSR count). The van der Waals surface area contributed by atoms with E-state index in [0.717, 1.165) is 22.2 Å². The summed E-state index contributed by atoms with van der Waals surface area (Å²) in [5, 5.41) is 18.2. The van der Waals surface area contributed by atoms with E-state index in [-0.39, 0.29) is 22.1 Å². The lowest BCUT2D eigenvalue weighted by atomic mass is 10.1. The Labute approximate surface area is 169 Å². The normalized spacial score (nSPS) is 16.6. The van der Waals surface area contributed by atoms with Gasteiger partial charge in [0, 0.05) is 18.1 Å². The molecule has 0 bridgehead atoms. The van der Waals surface area contributed by atoms with E-state index in [4.69, 9.17) is 21.7 Å². The maximum atomic E-state index is 12.7. The molecule has 0 spiro atoms. The molecule has 0 radical (unpaired) electrons. The van der Waals surface area contributed by atoms with Gasteiger partial charge in [0.2, 0.25) is 0 Å². The molecule has 1 aliphatic heterocycles. The number of thioether (sulfide) groups is 1. The highest BCUT2D eigenvalue weighted by atomic mass is 32.2. The van der Waals surface area contributed by atoms with Crippen molar-refractivity contribution in [1.82, 2.24) is 4.90 Å². The Morgan fingerprint density at radius 1 is 1.18 bits per heavy atom. The van der Waals surface area contributed by atoms with Crippen LogP contribution in [-0.4, -0.2) is 43.3 Å². The first-order valence-corrected chi connectivity index (χ1v) is 9.46. The van der Waals surface area contributed by atoms with Crippen molar-refractivity contribution in [2.24, 2.45) is 0 Å². The van der Waals surface area contributed by atoms with Crippen LogP contribution in [0.5, 0.6) is 0 Å². The van der Waals surface area contributed by atoms with Crippen molar-refractivity contribution in [3.05, 3.63) is 53.1 Å². The molecular formula is C19H15NO6S2. The first-order valence-electron chi connectivity index (χ1n) is 8.23. The topological polar surface area (TPSA) is 108 Å². The fraction of sp³-hybridized carbons (Fsp3) is 0.158. The minimum absolute atomic E-state index is 0.0730. The third-order valence-electron chi connectivity index (χ3n) is 4.01. The molecule has 1 amide bonds. The predicted octanol–water partition coefficient (Wildman–Crippen LogP) is 3.47. The molecule has 7 nitrogen and oxygen atoms in total. The molecule has 1 aromatic carbocycles. The van der Waals surface area contributed by atoms with Gasteiger partial charge in [-0.15, -0.1) is 0 Å². The molecule has 1 saturated heterocycles. The van der Waals surface area contributed by atoms with Crippen molar-refractivity contribution in [3.63, 3.8) is 0 Å². The van der Waals surface area contributed by atoms with Gasteiger partial charge >= 0.3 is 11.9 Å². The third-order valence-corrected chi connectivity index (χ3v) is 5.34. The molecular weight excluding hydrogens is 402 g/mol. The van der Waals surface area contributed by atoms with E-state index in [1.54, 1.807) is 12.1 Å². The smallest absolute Gasteiger partial charge is 0.326 e. The number of hydrogen-bond acceptors (Lipinski definition) is 6. The third kappa shape index (κ3) is 4.32. The fourth-order valence-electron chi connectivity index (χ4n) is 2.69. The van der Waals surface area contributed by atoms with Gasteiger partial charge in [0.1, 0.15) is 21.9 Å². The molecule has 0 saturated carbocycles. The summed E-state index contributed by atoms with van der Waals surface area (Å²) in [5.74, 6) is -1.96. The monoisotopic (exact) mass is 417 g/mol. The number of furan rings is 1. The Morgan fingerprint density at radius 3 is 2.54 bits per heavy atom. The van der Waals surface area contributed by atoms with E-state index in [2.05, 4.69) is 0 Å². The van der Waals surface area contributed by atoms with Gasteiger partial charge in [0.15, 0.2) is 0 Å². The number of hydrogen-bond donors (Lipinski definition) is 2. The van der Waals surface area contributed by atoms with Crippen LogP contribution >= 0.6 is 24.0 Å². The molecule has 1 atom stereocenters. The Balaban J connectivity index is 1.82. The molecule has 144 valence electrons. The number of aliphatic carboxylic acids is 2. The lowest BCUT2D eigenvalue weighted by molar-refractivity contribution is -0.146. The summed E-state index contributed by atoms with van der Waals surface area (Å²) < 4.78 is 5.81. The van der Waals surface area contributed by atoms with Crippen molar-refractivity contribution in [3.8, 4) is 11.3 Å². The SMILES string of the molecule is O=C(O)CC[C@@H](C(=O)O)N1C(=O)/C(=C\c2ccc(-c3ccccc3)o2)SC1=S. The van der Waals surface area contributed by atoms with Gasteiger partial charge in [0.05, 0.1) is 4.91 Å². The van der Waals surface area contributed by atoms with Crippen molar-refractivity contribution < 1.29 is 29.0 Å². The zero-order chi connectivity index (χ0) is 20.3. The zero-order valence-corrected chi connectivity index (χ0v) is 16.0. The molecule has 2 aromatic rings. The minimum atomic E-state index is -1.33.